The molecule has 2 rings (SSSR count). The van der Waals surface area contributed by atoms with Crippen LogP contribution < -0.4 is 21.5 Å². The predicted molar refractivity (Wildman–Crippen MR) is 175 cm³/mol. The van der Waals surface area contributed by atoms with E-state index in [4.69, 9.17) is 11.5 Å². The summed E-state index contributed by atoms with van der Waals surface area (Å²) >= 11 is 3.04. The fraction of sp³-hybridized carbons (Fsp3) is 0.733. The van der Waals surface area contributed by atoms with Crippen molar-refractivity contribution in [2.75, 3.05) is 38.7 Å². The molecule has 0 aromatic carbocycles. The molecule has 6 N–H and O–H groups in total. The second-order valence-electron chi connectivity index (χ2n) is 10.6. The summed E-state index contributed by atoms with van der Waals surface area (Å²) < 4.78 is 0. The van der Waals surface area contributed by atoms with Crippen LogP contribution in [0.1, 0.15) is 90.9 Å². The molecule has 12 nitrogen and oxygen atoms in total. The summed E-state index contributed by atoms with van der Waals surface area (Å²) in [7, 11) is 3.56. The molecule has 44 heavy (non-hydrogen) atoms. The van der Waals surface area contributed by atoms with Crippen molar-refractivity contribution in [1.29, 1.82) is 0 Å². The number of amides is 4. The van der Waals surface area contributed by atoms with Gasteiger partial charge in [-0.15, -0.1) is 23.5 Å². The quantitative estimate of drug-likeness (QED) is 0.0543. The molecule has 2 fully saturated rings. The van der Waals surface area contributed by atoms with Gasteiger partial charge in [0.25, 0.3) is 0 Å². The van der Waals surface area contributed by atoms with Gasteiger partial charge in [0.05, 0.1) is 24.6 Å². The molecule has 2 aliphatic heterocycles. The number of likely N-dealkylation sites (tertiary alicyclic amines) is 2. The Bertz CT molecular complexity index is 985. The first-order valence-corrected chi connectivity index (χ1v) is 17.6. The van der Waals surface area contributed by atoms with Gasteiger partial charge in [-0.05, 0) is 37.2 Å². The molecule has 0 radical (unpaired) electrons. The molecule has 248 valence electrons. The first kappa shape index (κ1) is 39.3. The number of hydrogen-bond donors (Lipinski definition) is 4. The number of ketones is 2. The Morgan fingerprint density at radius 3 is 1.36 bits per heavy atom. The Hall–Kier alpha value is -2.74. The molecule has 0 spiro atoms. The zero-order valence-corrected chi connectivity index (χ0v) is 28.4. The average molecular weight is 657 g/mol. The summed E-state index contributed by atoms with van der Waals surface area (Å²) in [5, 5.41) is -0.546. The average Bonchev–Trinajstić information content (AvgIpc) is 3.44. The zero-order chi connectivity index (χ0) is 33.1. The van der Waals surface area contributed by atoms with Crippen LogP contribution in [0.4, 0.5) is 0 Å². The van der Waals surface area contributed by atoms with Crippen molar-refractivity contribution in [3.05, 3.63) is 0 Å². The van der Waals surface area contributed by atoms with E-state index in [-0.39, 0.29) is 58.5 Å². The second kappa shape index (κ2) is 21.9. The van der Waals surface area contributed by atoms with Crippen LogP contribution >= 0.6 is 23.5 Å². The third-order valence-corrected chi connectivity index (χ3v) is 9.92. The largest absolute Gasteiger partial charge is 0.300 e. The Morgan fingerprint density at radius 1 is 0.682 bits per heavy atom. The molecular weight excluding hydrogens is 605 g/mol. The number of carbonyl (C=O) groups is 6. The maximum Gasteiger partial charge on any atom is 0.242 e. The van der Waals surface area contributed by atoms with Crippen molar-refractivity contribution >= 4 is 70.4 Å². The van der Waals surface area contributed by atoms with Crippen molar-refractivity contribution in [1.82, 2.24) is 9.80 Å². The van der Waals surface area contributed by atoms with Crippen LogP contribution in [0.2, 0.25) is 0 Å². The maximum atomic E-state index is 12.2. The summed E-state index contributed by atoms with van der Waals surface area (Å²) in [6.07, 6.45) is 6.84. The lowest BCUT2D eigenvalue weighted by molar-refractivity contribution is -0.422. The lowest BCUT2D eigenvalue weighted by atomic mass is 10.2. The van der Waals surface area contributed by atoms with Crippen molar-refractivity contribution in [3.8, 4) is 0 Å². The van der Waals surface area contributed by atoms with E-state index in [1.807, 2.05) is 13.8 Å². The second-order valence-corrected chi connectivity index (χ2v) is 13.3. The summed E-state index contributed by atoms with van der Waals surface area (Å²) in [6, 6.07) is 0. The number of nitrogens with zero attached hydrogens (tertiary/aromatic N) is 2. The normalized spacial score (nSPS) is 19.1. The topological polar surface area (TPSA) is 189 Å². The number of nitrogens with one attached hydrogen (secondary N) is 2. The minimum atomic E-state index is -0.273. The third kappa shape index (κ3) is 14.4. The van der Waals surface area contributed by atoms with Gasteiger partial charge in [-0.3, -0.25) is 60.0 Å². The standard InChI is InChI=1S/2C15H25N3O3S/c2*1-3-11(19)6-4-8-18-14(20)10-12(15(18)21)22-9-5-7-13(16)17-2/h2*12H,3-10H2,1-2H3,(H2,16,17)/p+2. The number of imide groups is 2. The van der Waals surface area contributed by atoms with Crippen molar-refractivity contribution in [2.45, 2.75) is 101 Å². The number of nitrogens with two attached hydrogens (primary N) is 2. The monoisotopic (exact) mass is 656 g/mol. The molecule has 0 aliphatic carbocycles. The van der Waals surface area contributed by atoms with E-state index >= 15 is 0 Å². The van der Waals surface area contributed by atoms with Crippen LogP contribution in [0.15, 0.2) is 0 Å². The Labute approximate surface area is 270 Å². The Morgan fingerprint density at radius 2 is 1.05 bits per heavy atom. The van der Waals surface area contributed by atoms with Crippen LogP contribution in [0.25, 0.3) is 0 Å². The Kier molecular flexibility index (Phi) is 19.5. The molecule has 0 aromatic heterocycles. The highest BCUT2D eigenvalue weighted by Gasteiger charge is 2.39. The van der Waals surface area contributed by atoms with Crippen molar-refractivity contribution < 1.29 is 38.8 Å². The highest BCUT2D eigenvalue weighted by Crippen LogP contribution is 2.27. The van der Waals surface area contributed by atoms with E-state index in [0.29, 0.717) is 51.6 Å². The van der Waals surface area contributed by atoms with Gasteiger partial charge in [-0.25, -0.2) is 0 Å². The van der Waals surface area contributed by atoms with Gasteiger partial charge in [-0.1, -0.05) is 13.8 Å². The lowest BCUT2D eigenvalue weighted by Crippen LogP contribution is -2.70. The summed E-state index contributed by atoms with van der Waals surface area (Å²) in [5.41, 5.74) is 11.3. The number of rotatable bonds is 20. The van der Waals surface area contributed by atoms with Crippen molar-refractivity contribution in [3.63, 3.8) is 0 Å². The van der Waals surface area contributed by atoms with Gasteiger partial charge in [0, 0.05) is 64.5 Å². The number of thioether (sulfide) groups is 2. The first-order valence-electron chi connectivity index (χ1n) is 15.5. The molecule has 0 saturated carbocycles. The molecular formula is C30H52N6O6S2+2. The van der Waals surface area contributed by atoms with Gasteiger partial charge in [0.15, 0.2) is 0 Å². The zero-order valence-electron chi connectivity index (χ0n) is 26.8. The van der Waals surface area contributed by atoms with E-state index in [9.17, 15) is 28.8 Å². The van der Waals surface area contributed by atoms with E-state index in [1.54, 1.807) is 14.1 Å². The molecule has 2 heterocycles. The fourth-order valence-electron chi connectivity index (χ4n) is 4.48. The molecule has 2 unspecified atom stereocenters. The van der Waals surface area contributed by atoms with Crippen LogP contribution in [0.3, 0.4) is 0 Å². The number of hydrogen-bond acceptors (Lipinski definition) is 8. The highest BCUT2D eigenvalue weighted by atomic mass is 32.2. The smallest absolute Gasteiger partial charge is 0.242 e. The molecule has 2 aliphatic rings. The summed E-state index contributed by atoms with van der Waals surface area (Å²) in [5.74, 6) is 2.96. The molecule has 4 amide bonds. The molecule has 2 atom stereocenters. The minimum Gasteiger partial charge on any atom is -0.300 e. The molecule has 0 bridgehead atoms. The summed E-state index contributed by atoms with van der Waals surface area (Å²) in [6.45, 7) is 4.36. The molecule has 2 saturated heterocycles. The molecule has 14 heteroatoms. The van der Waals surface area contributed by atoms with Crippen LogP contribution in [0, 0.1) is 0 Å². The van der Waals surface area contributed by atoms with Crippen LogP contribution in [-0.2, 0) is 28.8 Å². The number of amidine groups is 2. The van der Waals surface area contributed by atoms with Crippen LogP contribution in [0.5, 0.6) is 0 Å². The maximum absolute atomic E-state index is 12.2. The molecule has 0 aromatic rings. The van der Waals surface area contributed by atoms with Gasteiger partial charge < -0.3 is 0 Å². The fourth-order valence-corrected chi connectivity index (χ4v) is 6.74. The van der Waals surface area contributed by atoms with Gasteiger partial charge in [0.2, 0.25) is 35.3 Å². The van der Waals surface area contributed by atoms with E-state index in [2.05, 4.69) is 9.98 Å². The number of carbonyl (C=O) groups excluding carboxylic acids is 6. The van der Waals surface area contributed by atoms with Gasteiger partial charge in [-0.2, -0.15) is 0 Å². The van der Waals surface area contributed by atoms with Crippen molar-refractivity contribution in [2.24, 2.45) is 11.5 Å². The SMILES string of the molecule is CCC(=O)CCCN1C(=O)CC(SCCCC(N)=[NH+]C)C1=O.CCC(=O)CCCN1C(=O)CC(SCCCC(N)=[NH+]C)C1=O. The van der Waals surface area contributed by atoms with Crippen LogP contribution in [-0.4, -0.2) is 106 Å². The van der Waals surface area contributed by atoms with E-state index in [1.165, 1.54) is 33.3 Å². The van der Waals surface area contributed by atoms with E-state index < -0.39 is 0 Å². The first-order chi connectivity index (χ1) is 21.0. The summed E-state index contributed by atoms with van der Waals surface area (Å²) in [4.78, 5) is 79.1. The van der Waals surface area contributed by atoms with Gasteiger partial charge in [0.1, 0.15) is 11.6 Å². The highest BCUT2D eigenvalue weighted by molar-refractivity contribution is 8.00. The van der Waals surface area contributed by atoms with Gasteiger partial charge >= 0.3 is 0 Å². The third-order valence-electron chi connectivity index (χ3n) is 7.33. The minimum absolute atomic E-state index is 0.107. The Balaban J connectivity index is 0.000000440. The predicted octanol–water partition coefficient (Wildman–Crippen LogP) is -1.09. The lowest BCUT2D eigenvalue weighted by Gasteiger charge is -2.14. The van der Waals surface area contributed by atoms with E-state index in [0.717, 1.165) is 48.9 Å². The number of Topliss-reactive ketones (excluding diaryl/α,β-unsaturated/α-hetero) is 2.